The molecule has 174 valence electrons. The number of piperidine rings is 1. The Bertz CT molecular complexity index is 1030. The second-order valence-corrected chi connectivity index (χ2v) is 10.0. The lowest BCUT2D eigenvalue weighted by atomic mass is 10.0. The van der Waals surface area contributed by atoms with Crippen LogP contribution >= 0.6 is 0 Å². The largest absolute Gasteiger partial charge is 0.371 e. The third-order valence-electron chi connectivity index (χ3n) is 7.70. The molecule has 3 fully saturated rings. The monoisotopic (exact) mass is 447 g/mol. The molecule has 2 aromatic rings. The molecule has 2 unspecified atom stereocenters. The number of nitrogens with zero attached hydrogens (tertiary/aromatic N) is 3. The fourth-order valence-electron chi connectivity index (χ4n) is 5.92. The summed E-state index contributed by atoms with van der Waals surface area (Å²) in [6.45, 7) is 8.32. The van der Waals surface area contributed by atoms with Gasteiger partial charge in [0, 0.05) is 69.2 Å². The number of nitrogens with one attached hydrogen (secondary N) is 2. The third-order valence-corrected chi connectivity index (χ3v) is 7.70. The molecule has 0 bridgehead atoms. The molecule has 5 heterocycles. The molecule has 1 amide bonds. The van der Waals surface area contributed by atoms with Gasteiger partial charge in [-0.3, -0.25) is 14.7 Å². The number of pyridine rings is 1. The smallest absolute Gasteiger partial charge is 0.254 e. The first-order valence-electron chi connectivity index (χ1n) is 12.4. The summed E-state index contributed by atoms with van der Waals surface area (Å²) in [7, 11) is 0. The van der Waals surface area contributed by atoms with Crippen LogP contribution in [-0.4, -0.2) is 78.2 Å². The van der Waals surface area contributed by atoms with Crippen molar-refractivity contribution in [2.45, 2.75) is 44.0 Å². The van der Waals surface area contributed by atoms with E-state index in [0.717, 1.165) is 94.1 Å². The second kappa shape index (κ2) is 8.80. The number of rotatable bonds is 4. The van der Waals surface area contributed by atoms with Crippen molar-refractivity contribution in [3.05, 3.63) is 53.2 Å². The van der Waals surface area contributed by atoms with Gasteiger partial charge in [0.15, 0.2) is 0 Å². The lowest BCUT2D eigenvalue weighted by Crippen LogP contribution is -2.51. The number of carbonyl (C=O) groups is 1. The van der Waals surface area contributed by atoms with E-state index in [1.54, 1.807) is 0 Å². The number of hydrogen-bond donors (Lipinski definition) is 2. The van der Waals surface area contributed by atoms with Gasteiger partial charge < -0.3 is 20.3 Å². The van der Waals surface area contributed by atoms with Gasteiger partial charge >= 0.3 is 0 Å². The first-order chi connectivity index (χ1) is 16.2. The van der Waals surface area contributed by atoms with Crippen LogP contribution in [0.4, 0.5) is 0 Å². The zero-order valence-corrected chi connectivity index (χ0v) is 19.2. The fourth-order valence-corrected chi connectivity index (χ4v) is 5.92. The van der Waals surface area contributed by atoms with Crippen molar-refractivity contribution in [3.8, 4) is 11.3 Å². The quantitative estimate of drug-likeness (QED) is 0.748. The van der Waals surface area contributed by atoms with Crippen molar-refractivity contribution in [3.63, 3.8) is 0 Å². The van der Waals surface area contributed by atoms with Crippen LogP contribution < -0.4 is 10.6 Å². The van der Waals surface area contributed by atoms with Gasteiger partial charge in [0.05, 0.1) is 17.9 Å². The lowest BCUT2D eigenvalue weighted by molar-refractivity contribution is -0.0575. The summed E-state index contributed by atoms with van der Waals surface area (Å²) in [5.41, 5.74) is 5.30. The van der Waals surface area contributed by atoms with Crippen LogP contribution in [0.3, 0.4) is 0 Å². The molecule has 0 radical (unpaired) electrons. The van der Waals surface area contributed by atoms with E-state index in [1.807, 2.05) is 12.3 Å². The number of likely N-dealkylation sites (tertiary alicyclic amines) is 1. The van der Waals surface area contributed by atoms with E-state index in [4.69, 9.17) is 4.74 Å². The van der Waals surface area contributed by atoms with Crippen LogP contribution in [0, 0.1) is 0 Å². The Morgan fingerprint density at radius 3 is 3.00 bits per heavy atom. The standard InChI is InChI=1S/C26H33N5O2/c32-25-23-4-3-20(13-21(23)16-31(25)22-2-1-7-27-14-22)24-12-19(5-8-29-24)15-30-10-6-26(18-30)17-28-9-11-33-26/h3-5,8,12-13,22,27-28H,1-2,6-7,9-11,14-18H2. The SMILES string of the molecule is O=C1c2ccc(-c3cc(CN4CCC5(CNCCO5)C4)ccn3)cc2CN1C1CCCNC1. The molecule has 3 saturated heterocycles. The average Bonchev–Trinajstić information content (AvgIpc) is 3.40. The normalized spacial score (nSPS) is 27.9. The summed E-state index contributed by atoms with van der Waals surface area (Å²) in [4.78, 5) is 22.2. The summed E-state index contributed by atoms with van der Waals surface area (Å²) in [5, 5.41) is 6.92. The van der Waals surface area contributed by atoms with Gasteiger partial charge in [0.25, 0.3) is 5.91 Å². The minimum atomic E-state index is -0.0135. The zero-order chi connectivity index (χ0) is 22.3. The highest BCUT2D eigenvalue weighted by Gasteiger charge is 2.40. The Labute approximate surface area is 195 Å². The summed E-state index contributed by atoms with van der Waals surface area (Å²) in [6, 6.07) is 10.8. The van der Waals surface area contributed by atoms with Crippen LogP contribution in [0.15, 0.2) is 36.5 Å². The molecular formula is C26H33N5O2. The maximum Gasteiger partial charge on any atom is 0.254 e. The molecule has 7 nitrogen and oxygen atoms in total. The van der Waals surface area contributed by atoms with Gasteiger partial charge in [0.2, 0.25) is 0 Å². The van der Waals surface area contributed by atoms with E-state index in [1.165, 1.54) is 5.56 Å². The average molecular weight is 448 g/mol. The predicted octanol–water partition coefficient (Wildman–Crippen LogP) is 2.02. The highest BCUT2D eigenvalue weighted by Crippen LogP contribution is 2.31. The number of amides is 1. The molecule has 1 aromatic heterocycles. The van der Waals surface area contributed by atoms with Gasteiger partial charge in [-0.05, 0) is 61.2 Å². The first kappa shape index (κ1) is 21.2. The summed E-state index contributed by atoms with van der Waals surface area (Å²) in [5.74, 6) is 0.175. The van der Waals surface area contributed by atoms with Crippen molar-refractivity contribution in [2.75, 3.05) is 45.9 Å². The van der Waals surface area contributed by atoms with Gasteiger partial charge in [-0.25, -0.2) is 0 Å². The van der Waals surface area contributed by atoms with Gasteiger partial charge in [-0.15, -0.1) is 0 Å². The highest BCUT2D eigenvalue weighted by atomic mass is 16.5. The van der Waals surface area contributed by atoms with Crippen LogP contribution in [0.1, 0.15) is 40.7 Å². The molecule has 1 spiro atoms. The Balaban J connectivity index is 1.16. The molecule has 7 heteroatoms. The molecular weight excluding hydrogens is 414 g/mol. The number of hydrogen-bond acceptors (Lipinski definition) is 6. The van der Waals surface area contributed by atoms with Crippen LogP contribution in [0.2, 0.25) is 0 Å². The van der Waals surface area contributed by atoms with Gasteiger partial charge in [-0.1, -0.05) is 6.07 Å². The number of carbonyl (C=O) groups excluding carboxylic acids is 1. The highest BCUT2D eigenvalue weighted by molar-refractivity contribution is 5.99. The van der Waals surface area contributed by atoms with E-state index in [0.29, 0.717) is 12.6 Å². The third kappa shape index (κ3) is 4.19. The van der Waals surface area contributed by atoms with Gasteiger partial charge in [0.1, 0.15) is 0 Å². The number of morpholine rings is 1. The molecule has 1 aromatic carbocycles. The molecule has 2 atom stereocenters. The fraction of sp³-hybridized carbons (Fsp3) is 0.538. The van der Waals surface area contributed by atoms with E-state index >= 15 is 0 Å². The minimum absolute atomic E-state index is 0.0135. The van der Waals surface area contributed by atoms with E-state index in [9.17, 15) is 4.79 Å². The van der Waals surface area contributed by atoms with E-state index in [2.05, 4.69) is 49.7 Å². The van der Waals surface area contributed by atoms with Crippen LogP contribution in [0.5, 0.6) is 0 Å². The Morgan fingerprint density at radius 1 is 1.18 bits per heavy atom. The van der Waals surface area contributed by atoms with Crippen molar-refractivity contribution in [1.82, 2.24) is 25.4 Å². The Morgan fingerprint density at radius 2 is 2.15 bits per heavy atom. The lowest BCUT2D eigenvalue weighted by Gasteiger charge is -2.34. The maximum atomic E-state index is 13.0. The molecule has 4 aliphatic rings. The second-order valence-electron chi connectivity index (χ2n) is 10.0. The number of fused-ring (bicyclic) bond motifs is 1. The van der Waals surface area contributed by atoms with E-state index in [-0.39, 0.29) is 11.5 Å². The summed E-state index contributed by atoms with van der Waals surface area (Å²) in [6.07, 6.45) is 5.22. The summed E-state index contributed by atoms with van der Waals surface area (Å²) >= 11 is 0. The number of benzene rings is 1. The first-order valence-corrected chi connectivity index (χ1v) is 12.4. The van der Waals surface area contributed by atoms with Crippen molar-refractivity contribution >= 4 is 5.91 Å². The van der Waals surface area contributed by atoms with Crippen LogP contribution in [0.25, 0.3) is 11.3 Å². The number of ether oxygens (including phenoxy) is 1. The minimum Gasteiger partial charge on any atom is -0.371 e. The topological polar surface area (TPSA) is 69.7 Å². The zero-order valence-electron chi connectivity index (χ0n) is 19.2. The van der Waals surface area contributed by atoms with Crippen molar-refractivity contribution < 1.29 is 9.53 Å². The molecule has 0 aliphatic carbocycles. The number of aromatic nitrogens is 1. The van der Waals surface area contributed by atoms with Crippen molar-refractivity contribution in [1.29, 1.82) is 0 Å². The molecule has 2 N–H and O–H groups in total. The summed E-state index contributed by atoms with van der Waals surface area (Å²) < 4.78 is 6.14. The van der Waals surface area contributed by atoms with E-state index < -0.39 is 0 Å². The molecule has 6 rings (SSSR count). The predicted molar refractivity (Wildman–Crippen MR) is 127 cm³/mol. The van der Waals surface area contributed by atoms with Crippen LogP contribution in [-0.2, 0) is 17.8 Å². The van der Waals surface area contributed by atoms with Crippen molar-refractivity contribution in [2.24, 2.45) is 0 Å². The molecule has 33 heavy (non-hydrogen) atoms. The maximum absolute atomic E-state index is 13.0. The Kier molecular flexibility index (Phi) is 5.66. The molecule has 4 aliphatic heterocycles. The molecule has 0 saturated carbocycles. The Hall–Kier alpha value is -2.32. The van der Waals surface area contributed by atoms with Gasteiger partial charge in [-0.2, -0.15) is 0 Å².